The molecule has 0 radical (unpaired) electrons. The molecule has 1 spiro atoms. The number of rotatable bonds is 3. The van der Waals surface area contributed by atoms with Gasteiger partial charge in [-0.05, 0) is 25.0 Å². The smallest absolute Gasteiger partial charge is 0.246 e. The van der Waals surface area contributed by atoms with Gasteiger partial charge in [0.1, 0.15) is 28.0 Å². The van der Waals surface area contributed by atoms with E-state index in [0.29, 0.717) is 18.6 Å². The molecule has 3 heterocycles. The summed E-state index contributed by atoms with van der Waals surface area (Å²) in [6, 6.07) is 2.46. The van der Waals surface area contributed by atoms with Crippen molar-refractivity contribution in [2.24, 2.45) is 0 Å². The highest BCUT2D eigenvalue weighted by molar-refractivity contribution is 7.89. The van der Waals surface area contributed by atoms with Crippen LogP contribution in [0, 0.1) is 11.6 Å². The number of hydrogen-bond acceptors (Lipinski definition) is 5. The Morgan fingerprint density at radius 1 is 1.14 bits per heavy atom. The maximum absolute atomic E-state index is 14.0. The predicted molar refractivity (Wildman–Crippen MR) is 99.4 cm³/mol. The number of nitrogens with zero attached hydrogens (tertiary/aromatic N) is 3. The van der Waals surface area contributed by atoms with E-state index in [2.05, 4.69) is 4.98 Å². The van der Waals surface area contributed by atoms with Gasteiger partial charge in [-0.3, -0.25) is 0 Å². The quantitative estimate of drug-likeness (QED) is 0.761. The van der Waals surface area contributed by atoms with Crippen molar-refractivity contribution in [3.63, 3.8) is 0 Å². The van der Waals surface area contributed by atoms with Crippen LogP contribution in [0.3, 0.4) is 0 Å². The standard InChI is InChI=1S/C20H21F2N3O3S/c21-14-6-7-18(16(22)8-14)29(26,27)25-11-20(12-25)15-9-23-19(24-17(15)10-28-20)13-4-2-1-3-5-13/h6-9,13H,1-5,10-12H2. The third-order valence-corrected chi connectivity index (χ3v) is 8.03. The minimum absolute atomic E-state index is 0.0608. The number of fused-ring (bicyclic) bond motifs is 2. The number of benzene rings is 1. The molecule has 3 aliphatic rings. The van der Waals surface area contributed by atoms with Crippen LogP contribution in [0.25, 0.3) is 0 Å². The van der Waals surface area contributed by atoms with E-state index < -0.39 is 32.2 Å². The van der Waals surface area contributed by atoms with Crippen LogP contribution in [0.5, 0.6) is 0 Å². The molecule has 2 aromatic rings. The number of ether oxygens (including phenoxy) is 1. The molecular formula is C20H21F2N3O3S. The van der Waals surface area contributed by atoms with Crippen LogP contribution in [-0.2, 0) is 27.0 Å². The first-order chi connectivity index (χ1) is 13.9. The van der Waals surface area contributed by atoms with Crippen molar-refractivity contribution in [3.05, 3.63) is 53.1 Å². The fraction of sp³-hybridized carbons (Fsp3) is 0.500. The Bertz CT molecular complexity index is 1060. The van der Waals surface area contributed by atoms with Crippen molar-refractivity contribution in [1.82, 2.24) is 14.3 Å². The maximum Gasteiger partial charge on any atom is 0.246 e. The second kappa shape index (κ2) is 6.78. The van der Waals surface area contributed by atoms with Crippen LogP contribution < -0.4 is 0 Å². The molecule has 0 amide bonds. The zero-order valence-corrected chi connectivity index (χ0v) is 16.6. The van der Waals surface area contributed by atoms with Crippen molar-refractivity contribution in [3.8, 4) is 0 Å². The molecule has 0 N–H and O–H groups in total. The summed E-state index contributed by atoms with van der Waals surface area (Å²) in [4.78, 5) is 8.75. The largest absolute Gasteiger partial charge is 0.361 e. The molecule has 2 fully saturated rings. The van der Waals surface area contributed by atoms with E-state index in [1.807, 2.05) is 0 Å². The van der Waals surface area contributed by atoms with Gasteiger partial charge in [0, 0.05) is 36.8 Å². The van der Waals surface area contributed by atoms with Crippen LogP contribution in [0.1, 0.15) is 55.1 Å². The van der Waals surface area contributed by atoms with E-state index in [1.54, 1.807) is 6.20 Å². The van der Waals surface area contributed by atoms with Gasteiger partial charge in [0.2, 0.25) is 10.0 Å². The summed E-state index contributed by atoms with van der Waals surface area (Å²) in [5.41, 5.74) is 0.831. The normalized spacial score (nSPS) is 21.9. The molecule has 0 bridgehead atoms. The second-order valence-electron chi connectivity index (χ2n) is 8.05. The first kappa shape index (κ1) is 19.0. The van der Waals surface area contributed by atoms with Crippen LogP contribution in [0.4, 0.5) is 8.78 Å². The summed E-state index contributed by atoms with van der Waals surface area (Å²) in [6.07, 6.45) is 7.60. The molecule has 1 saturated heterocycles. The minimum Gasteiger partial charge on any atom is -0.361 e. The average Bonchev–Trinajstić information content (AvgIpc) is 3.06. The molecule has 2 aliphatic heterocycles. The lowest BCUT2D eigenvalue weighted by Crippen LogP contribution is -2.61. The minimum atomic E-state index is -4.07. The van der Waals surface area contributed by atoms with Gasteiger partial charge >= 0.3 is 0 Å². The van der Waals surface area contributed by atoms with Gasteiger partial charge in [-0.15, -0.1) is 0 Å². The van der Waals surface area contributed by atoms with Gasteiger partial charge in [-0.1, -0.05) is 19.3 Å². The average molecular weight is 421 g/mol. The molecule has 1 saturated carbocycles. The Labute approximate surface area is 168 Å². The van der Waals surface area contributed by atoms with Gasteiger partial charge in [0.25, 0.3) is 0 Å². The lowest BCUT2D eigenvalue weighted by Gasteiger charge is -2.46. The Kier molecular flexibility index (Phi) is 4.45. The molecule has 1 aliphatic carbocycles. The second-order valence-corrected chi connectivity index (χ2v) is 9.96. The summed E-state index contributed by atoms with van der Waals surface area (Å²) in [6.45, 7) is 0.437. The highest BCUT2D eigenvalue weighted by atomic mass is 32.2. The van der Waals surface area contributed by atoms with E-state index >= 15 is 0 Å². The third-order valence-electron chi connectivity index (χ3n) is 6.21. The first-order valence-electron chi connectivity index (χ1n) is 9.84. The van der Waals surface area contributed by atoms with E-state index in [0.717, 1.165) is 46.4 Å². The molecule has 9 heteroatoms. The summed E-state index contributed by atoms with van der Waals surface area (Å²) in [5, 5.41) is 0. The van der Waals surface area contributed by atoms with E-state index in [-0.39, 0.29) is 13.1 Å². The molecule has 6 nitrogen and oxygen atoms in total. The zero-order valence-electron chi connectivity index (χ0n) is 15.8. The molecule has 0 atom stereocenters. The van der Waals surface area contributed by atoms with Crippen molar-refractivity contribution in [2.75, 3.05) is 13.1 Å². The SMILES string of the molecule is O=S(=O)(c1ccc(F)cc1F)N1CC2(C1)OCc1nc(C3CCCCC3)ncc12. The summed E-state index contributed by atoms with van der Waals surface area (Å²) < 4.78 is 59.7. The van der Waals surface area contributed by atoms with Gasteiger partial charge < -0.3 is 4.74 Å². The lowest BCUT2D eigenvalue weighted by atomic mass is 9.87. The number of aromatic nitrogens is 2. The van der Waals surface area contributed by atoms with Gasteiger partial charge in [-0.2, -0.15) is 4.31 Å². The van der Waals surface area contributed by atoms with Gasteiger partial charge in [0.05, 0.1) is 12.3 Å². The fourth-order valence-corrected chi connectivity index (χ4v) is 6.12. The fourth-order valence-electron chi connectivity index (χ4n) is 4.54. The number of sulfonamides is 1. The van der Waals surface area contributed by atoms with Crippen molar-refractivity contribution >= 4 is 10.0 Å². The van der Waals surface area contributed by atoms with Crippen molar-refractivity contribution in [1.29, 1.82) is 0 Å². The van der Waals surface area contributed by atoms with Crippen molar-refractivity contribution in [2.45, 2.75) is 55.1 Å². The Balaban J connectivity index is 1.37. The summed E-state index contributed by atoms with van der Waals surface area (Å²) in [7, 11) is -4.07. The number of halogens is 2. The highest BCUT2D eigenvalue weighted by Crippen LogP contribution is 2.45. The van der Waals surface area contributed by atoms with E-state index in [4.69, 9.17) is 9.72 Å². The van der Waals surface area contributed by atoms with E-state index in [9.17, 15) is 17.2 Å². The predicted octanol–water partition coefficient (Wildman–Crippen LogP) is 3.23. The molecule has 1 aromatic carbocycles. The van der Waals surface area contributed by atoms with Gasteiger partial charge in [-0.25, -0.2) is 27.2 Å². The Morgan fingerprint density at radius 2 is 1.90 bits per heavy atom. The number of hydrogen-bond donors (Lipinski definition) is 0. The Morgan fingerprint density at radius 3 is 2.62 bits per heavy atom. The first-order valence-corrected chi connectivity index (χ1v) is 11.3. The molecule has 1 aromatic heterocycles. The maximum atomic E-state index is 14.0. The molecular weight excluding hydrogens is 400 g/mol. The zero-order chi connectivity index (χ0) is 20.2. The third kappa shape index (κ3) is 3.06. The van der Waals surface area contributed by atoms with E-state index in [1.165, 1.54) is 19.3 Å². The molecule has 154 valence electrons. The van der Waals surface area contributed by atoms with Gasteiger partial charge in [0.15, 0.2) is 0 Å². The van der Waals surface area contributed by atoms with Crippen LogP contribution in [-0.4, -0.2) is 35.8 Å². The summed E-state index contributed by atoms with van der Waals surface area (Å²) >= 11 is 0. The molecule has 29 heavy (non-hydrogen) atoms. The highest BCUT2D eigenvalue weighted by Gasteiger charge is 2.55. The topological polar surface area (TPSA) is 72.4 Å². The monoisotopic (exact) mass is 421 g/mol. The molecule has 5 rings (SSSR count). The Hall–Kier alpha value is -1.97. The van der Waals surface area contributed by atoms with Crippen LogP contribution in [0.2, 0.25) is 0 Å². The molecule has 0 unspecified atom stereocenters. The lowest BCUT2D eigenvalue weighted by molar-refractivity contribution is -0.112. The van der Waals surface area contributed by atoms with Crippen LogP contribution in [0.15, 0.2) is 29.3 Å². The van der Waals surface area contributed by atoms with Crippen LogP contribution >= 0.6 is 0 Å². The van der Waals surface area contributed by atoms with Crippen molar-refractivity contribution < 1.29 is 21.9 Å². The summed E-state index contributed by atoms with van der Waals surface area (Å²) in [5.74, 6) is -0.689.